The second kappa shape index (κ2) is 5.29. The molecule has 7 heteroatoms. The quantitative estimate of drug-likeness (QED) is 0.895. The van der Waals surface area contributed by atoms with E-state index in [9.17, 15) is 0 Å². The molecule has 0 bridgehead atoms. The fourth-order valence-electron chi connectivity index (χ4n) is 4.30. The highest BCUT2D eigenvalue weighted by Gasteiger charge is 2.47. The van der Waals surface area contributed by atoms with Crippen LogP contribution < -0.4 is 15.8 Å². The molecule has 1 unspecified atom stereocenters. The number of fused-ring (bicyclic) bond motifs is 2. The molecule has 1 spiro atoms. The first-order valence-electron chi connectivity index (χ1n) is 8.94. The normalized spacial score (nSPS) is 23.4. The number of aromatic nitrogens is 3. The highest BCUT2D eigenvalue weighted by molar-refractivity contribution is 6.00. The molecule has 1 aliphatic carbocycles. The maximum atomic E-state index is 6.26. The summed E-state index contributed by atoms with van der Waals surface area (Å²) in [6, 6.07) is 4.40. The zero-order valence-corrected chi connectivity index (χ0v) is 14.3. The lowest BCUT2D eigenvalue weighted by atomic mass is 9.64. The third-order valence-electron chi connectivity index (χ3n) is 5.93. The lowest BCUT2D eigenvalue weighted by molar-refractivity contribution is 0.342. The number of nitrogens with two attached hydrogens (primary N) is 1. The van der Waals surface area contributed by atoms with Crippen LogP contribution >= 0.6 is 0 Å². The second-order valence-corrected chi connectivity index (χ2v) is 7.21. The molecule has 2 aliphatic heterocycles. The number of amidine groups is 1. The Labute approximate surface area is 146 Å². The molecule has 1 saturated heterocycles. The standard InChI is InChI=1S/C18H22N6O/c1-25-16-8-11-13(21-17(19)18(11)5-3-6-18)9-15(16)24-10-14(22-23-24)12-4-2-7-20-12/h8-10,12,20H,2-7H2,1H3,(H2,19,21). The number of aliphatic imine (C=N–C) groups is 1. The van der Waals surface area contributed by atoms with E-state index < -0.39 is 0 Å². The van der Waals surface area contributed by atoms with Crippen LogP contribution in [-0.4, -0.2) is 34.5 Å². The van der Waals surface area contributed by atoms with E-state index in [4.69, 9.17) is 10.5 Å². The Morgan fingerprint density at radius 3 is 2.88 bits per heavy atom. The maximum absolute atomic E-state index is 6.26. The van der Waals surface area contributed by atoms with E-state index in [-0.39, 0.29) is 5.41 Å². The van der Waals surface area contributed by atoms with E-state index in [1.54, 1.807) is 11.8 Å². The van der Waals surface area contributed by atoms with Gasteiger partial charge in [-0.3, -0.25) is 0 Å². The molecule has 1 saturated carbocycles. The van der Waals surface area contributed by atoms with Gasteiger partial charge in [0.05, 0.1) is 30.5 Å². The van der Waals surface area contributed by atoms with E-state index in [0.29, 0.717) is 6.04 Å². The van der Waals surface area contributed by atoms with Gasteiger partial charge in [0.15, 0.2) is 0 Å². The first-order valence-corrected chi connectivity index (χ1v) is 8.94. The molecular weight excluding hydrogens is 316 g/mol. The number of ether oxygens (including phenoxy) is 1. The van der Waals surface area contributed by atoms with Crippen molar-refractivity contribution in [3.8, 4) is 11.4 Å². The van der Waals surface area contributed by atoms with Crippen molar-refractivity contribution in [2.45, 2.75) is 43.6 Å². The van der Waals surface area contributed by atoms with Gasteiger partial charge in [-0.05, 0) is 49.9 Å². The molecular formula is C18H22N6O. The minimum absolute atomic E-state index is 0.0670. The molecule has 5 rings (SSSR count). The fourth-order valence-corrected chi connectivity index (χ4v) is 4.30. The smallest absolute Gasteiger partial charge is 0.145 e. The minimum atomic E-state index is -0.0670. The van der Waals surface area contributed by atoms with Gasteiger partial charge in [0.25, 0.3) is 0 Å². The molecule has 3 aliphatic rings. The predicted molar refractivity (Wildman–Crippen MR) is 94.7 cm³/mol. The number of hydrogen-bond donors (Lipinski definition) is 2. The summed E-state index contributed by atoms with van der Waals surface area (Å²) >= 11 is 0. The molecule has 130 valence electrons. The minimum Gasteiger partial charge on any atom is -0.494 e. The van der Waals surface area contributed by atoms with Crippen molar-refractivity contribution in [3.63, 3.8) is 0 Å². The summed E-state index contributed by atoms with van der Waals surface area (Å²) in [4.78, 5) is 4.64. The Bertz CT molecular complexity index is 860. The number of nitrogens with zero attached hydrogens (tertiary/aromatic N) is 4. The van der Waals surface area contributed by atoms with Crippen molar-refractivity contribution in [3.05, 3.63) is 29.6 Å². The molecule has 1 atom stereocenters. The van der Waals surface area contributed by atoms with Crippen LogP contribution in [0.2, 0.25) is 0 Å². The summed E-state index contributed by atoms with van der Waals surface area (Å²) in [5, 5.41) is 12.1. The lowest BCUT2D eigenvalue weighted by Crippen LogP contribution is -2.44. The average molecular weight is 338 g/mol. The number of hydrogen-bond acceptors (Lipinski definition) is 6. The molecule has 0 amide bonds. The van der Waals surface area contributed by atoms with E-state index in [1.165, 1.54) is 18.4 Å². The Hall–Kier alpha value is -2.41. The molecule has 2 fully saturated rings. The Morgan fingerprint density at radius 2 is 2.20 bits per heavy atom. The molecule has 2 aromatic rings. The Balaban J connectivity index is 1.57. The van der Waals surface area contributed by atoms with Crippen molar-refractivity contribution < 1.29 is 4.74 Å². The SMILES string of the molecule is COc1cc2c(cc1-n1cc(C3CCCN3)nn1)N=C(N)C21CCC1. The Kier molecular flexibility index (Phi) is 3.15. The van der Waals surface area contributed by atoms with Gasteiger partial charge in [-0.25, -0.2) is 9.67 Å². The first-order chi connectivity index (χ1) is 12.2. The van der Waals surface area contributed by atoms with Gasteiger partial charge < -0.3 is 15.8 Å². The van der Waals surface area contributed by atoms with Crippen LogP contribution in [0.5, 0.6) is 5.75 Å². The van der Waals surface area contributed by atoms with E-state index in [2.05, 4.69) is 26.7 Å². The zero-order valence-electron chi connectivity index (χ0n) is 14.3. The fraction of sp³-hybridized carbons (Fsp3) is 0.500. The number of methoxy groups -OCH3 is 1. The van der Waals surface area contributed by atoms with E-state index >= 15 is 0 Å². The first kappa shape index (κ1) is 14.9. The number of rotatable bonds is 3. The molecule has 3 N–H and O–H groups in total. The number of benzene rings is 1. The van der Waals surface area contributed by atoms with Crippen LogP contribution in [0.25, 0.3) is 5.69 Å². The van der Waals surface area contributed by atoms with Crippen LogP contribution in [0.3, 0.4) is 0 Å². The van der Waals surface area contributed by atoms with Crippen LogP contribution in [0.15, 0.2) is 23.3 Å². The van der Waals surface area contributed by atoms with Crippen molar-refractivity contribution >= 4 is 11.5 Å². The highest BCUT2D eigenvalue weighted by atomic mass is 16.5. The zero-order chi connectivity index (χ0) is 17.0. The van der Waals surface area contributed by atoms with Crippen LogP contribution in [0.1, 0.15) is 49.4 Å². The van der Waals surface area contributed by atoms with Gasteiger partial charge in [-0.15, -0.1) is 5.10 Å². The van der Waals surface area contributed by atoms with Gasteiger partial charge in [-0.2, -0.15) is 0 Å². The van der Waals surface area contributed by atoms with Crippen molar-refractivity contribution in [1.29, 1.82) is 0 Å². The van der Waals surface area contributed by atoms with Crippen molar-refractivity contribution in [1.82, 2.24) is 20.3 Å². The largest absolute Gasteiger partial charge is 0.494 e. The third kappa shape index (κ3) is 2.05. The summed E-state index contributed by atoms with van der Waals surface area (Å²) in [5.74, 6) is 1.52. The summed E-state index contributed by atoms with van der Waals surface area (Å²) < 4.78 is 7.44. The molecule has 1 aromatic carbocycles. The van der Waals surface area contributed by atoms with Crippen LogP contribution in [0.4, 0.5) is 5.69 Å². The van der Waals surface area contributed by atoms with Gasteiger partial charge in [0, 0.05) is 0 Å². The van der Waals surface area contributed by atoms with E-state index in [1.807, 2.05) is 12.3 Å². The van der Waals surface area contributed by atoms with Crippen molar-refractivity contribution in [2.75, 3.05) is 13.7 Å². The number of nitrogens with one attached hydrogen (secondary N) is 1. The highest BCUT2D eigenvalue weighted by Crippen LogP contribution is 2.53. The van der Waals surface area contributed by atoms with Gasteiger partial charge in [-0.1, -0.05) is 11.6 Å². The monoisotopic (exact) mass is 338 g/mol. The van der Waals surface area contributed by atoms with Gasteiger partial charge in [0.2, 0.25) is 0 Å². The summed E-state index contributed by atoms with van der Waals surface area (Å²) in [6.45, 7) is 1.04. The van der Waals surface area contributed by atoms with Crippen LogP contribution in [0, 0.1) is 0 Å². The molecule has 1 aromatic heterocycles. The Morgan fingerprint density at radius 1 is 1.32 bits per heavy atom. The topological polar surface area (TPSA) is 90.3 Å². The second-order valence-electron chi connectivity index (χ2n) is 7.21. The third-order valence-corrected chi connectivity index (χ3v) is 5.93. The summed E-state index contributed by atoms with van der Waals surface area (Å²) in [6.07, 6.45) is 7.59. The van der Waals surface area contributed by atoms with E-state index in [0.717, 1.165) is 54.5 Å². The maximum Gasteiger partial charge on any atom is 0.145 e. The molecule has 3 heterocycles. The molecule has 7 nitrogen and oxygen atoms in total. The molecule has 0 radical (unpaired) electrons. The van der Waals surface area contributed by atoms with Crippen molar-refractivity contribution in [2.24, 2.45) is 10.7 Å². The van der Waals surface area contributed by atoms with Gasteiger partial charge in [0.1, 0.15) is 23.0 Å². The van der Waals surface area contributed by atoms with Gasteiger partial charge >= 0.3 is 0 Å². The summed E-state index contributed by atoms with van der Waals surface area (Å²) in [7, 11) is 1.69. The molecule has 25 heavy (non-hydrogen) atoms. The average Bonchev–Trinajstić information content (AvgIpc) is 3.29. The summed E-state index contributed by atoms with van der Waals surface area (Å²) in [5.41, 5.74) is 10.1. The lowest BCUT2D eigenvalue weighted by Gasteiger charge is -2.39. The van der Waals surface area contributed by atoms with Crippen LogP contribution in [-0.2, 0) is 5.41 Å². The predicted octanol–water partition coefficient (Wildman–Crippen LogP) is 2.12.